The summed E-state index contributed by atoms with van der Waals surface area (Å²) in [5, 5.41) is 9.91. The van der Waals surface area contributed by atoms with Crippen molar-refractivity contribution in [1.82, 2.24) is 0 Å². The summed E-state index contributed by atoms with van der Waals surface area (Å²) >= 11 is 3.59. The summed E-state index contributed by atoms with van der Waals surface area (Å²) in [6.45, 7) is 2.24. The molecule has 0 saturated heterocycles. The molecule has 1 fully saturated rings. The van der Waals surface area contributed by atoms with Crippen LogP contribution < -0.4 is 9.47 Å². The SMILES string of the molecule is CCc1c(C2(C(=O)O)CCCCC2)cc2c(c1Br)OCO2. The molecule has 1 aliphatic carbocycles. The van der Waals surface area contributed by atoms with Crippen LogP contribution in [0.2, 0.25) is 0 Å². The number of carboxylic acid groups (broad SMARTS) is 1. The van der Waals surface area contributed by atoms with Crippen LogP contribution in [0.5, 0.6) is 11.5 Å². The number of aliphatic carboxylic acids is 1. The number of benzene rings is 1. The van der Waals surface area contributed by atoms with E-state index in [0.717, 1.165) is 41.3 Å². The third-order valence-electron chi connectivity index (χ3n) is 4.69. The van der Waals surface area contributed by atoms with Crippen molar-refractivity contribution >= 4 is 21.9 Å². The van der Waals surface area contributed by atoms with E-state index in [0.29, 0.717) is 24.3 Å². The first-order chi connectivity index (χ1) is 10.1. The molecule has 0 amide bonds. The van der Waals surface area contributed by atoms with E-state index in [1.54, 1.807) is 0 Å². The molecule has 0 radical (unpaired) electrons. The van der Waals surface area contributed by atoms with Gasteiger partial charge in [0.25, 0.3) is 0 Å². The molecule has 0 bridgehead atoms. The number of fused-ring (bicyclic) bond motifs is 1. The lowest BCUT2D eigenvalue weighted by atomic mass is 9.68. The lowest BCUT2D eigenvalue weighted by Gasteiger charge is -2.35. The van der Waals surface area contributed by atoms with Gasteiger partial charge in [-0.3, -0.25) is 4.79 Å². The monoisotopic (exact) mass is 354 g/mol. The van der Waals surface area contributed by atoms with Gasteiger partial charge in [-0.05, 0) is 52.4 Å². The topological polar surface area (TPSA) is 55.8 Å². The van der Waals surface area contributed by atoms with Crippen molar-refractivity contribution in [2.45, 2.75) is 50.9 Å². The zero-order valence-corrected chi connectivity index (χ0v) is 13.7. The zero-order valence-electron chi connectivity index (χ0n) is 12.1. The summed E-state index contributed by atoms with van der Waals surface area (Å²) in [4.78, 5) is 12.1. The average Bonchev–Trinajstić information content (AvgIpc) is 2.96. The highest BCUT2D eigenvalue weighted by Crippen LogP contribution is 2.49. The Hall–Kier alpha value is -1.23. The minimum absolute atomic E-state index is 0.195. The predicted molar refractivity (Wildman–Crippen MR) is 82.0 cm³/mol. The first-order valence-electron chi connectivity index (χ1n) is 7.45. The summed E-state index contributed by atoms with van der Waals surface area (Å²) in [7, 11) is 0. The second-order valence-corrected chi connectivity index (χ2v) is 6.54. The van der Waals surface area contributed by atoms with Gasteiger partial charge in [0.05, 0.1) is 9.89 Å². The summed E-state index contributed by atoms with van der Waals surface area (Å²) in [6, 6.07) is 1.89. The Balaban J connectivity index is 2.20. The van der Waals surface area contributed by atoms with E-state index in [9.17, 15) is 9.90 Å². The van der Waals surface area contributed by atoms with E-state index in [-0.39, 0.29) is 6.79 Å². The molecule has 0 aromatic heterocycles. The lowest BCUT2D eigenvalue weighted by molar-refractivity contribution is -0.145. The number of hydrogen-bond donors (Lipinski definition) is 1. The standard InChI is InChI=1S/C16H19BrO4/c1-2-10-11(8-12-14(13(10)17)21-9-20-12)16(15(18)19)6-4-3-5-7-16/h8H,2-7,9H2,1H3,(H,18,19). The van der Waals surface area contributed by atoms with Crippen LogP contribution >= 0.6 is 15.9 Å². The molecule has 2 aliphatic rings. The van der Waals surface area contributed by atoms with Gasteiger partial charge in [-0.25, -0.2) is 0 Å². The molecule has 0 atom stereocenters. The smallest absolute Gasteiger partial charge is 0.314 e. The highest BCUT2D eigenvalue weighted by molar-refractivity contribution is 9.10. The minimum atomic E-state index is -0.785. The maximum Gasteiger partial charge on any atom is 0.314 e. The minimum Gasteiger partial charge on any atom is -0.481 e. The van der Waals surface area contributed by atoms with E-state index in [1.165, 1.54) is 0 Å². The third kappa shape index (κ3) is 2.22. The largest absolute Gasteiger partial charge is 0.481 e. The van der Waals surface area contributed by atoms with Gasteiger partial charge in [0.1, 0.15) is 0 Å². The molecule has 0 spiro atoms. The zero-order chi connectivity index (χ0) is 15.0. The third-order valence-corrected chi connectivity index (χ3v) is 5.53. The molecule has 1 aliphatic heterocycles. The maximum atomic E-state index is 12.1. The van der Waals surface area contributed by atoms with Gasteiger partial charge in [-0.15, -0.1) is 0 Å². The van der Waals surface area contributed by atoms with Gasteiger partial charge >= 0.3 is 5.97 Å². The van der Waals surface area contributed by atoms with E-state index in [1.807, 2.05) is 13.0 Å². The first-order valence-corrected chi connectivity index (χ1v) is 8.24. The van der Waals surface area contributed by atoms with Crippen molar-refractivity contribution in [2.24, 2.45) is 0 Å². The summed E-state index contributed by atoms with van der Waals surface area (Å²) in [5.74, 6) is 0.634. The van der Waals surface area contributed by atoms with Crippen LogP contribution in [0.4, 0.5) is 0 Å². The highest BCUT2D eigenvalue weighted by Gasteiger charge is 2.44. The van der Waals surface area contributed by atoms with E-state index in [4.69, 9.17) is 9.47 Å². The molecule has 1 heterocycles. The molecule has 4 nitrogen and oxygen atoms in total. The van der Waals surface area contributed by atoms with Crippen LogP contribution in [0, 0.1) is 0 Å². The second-order valence-electron chi connectivity index (χ2n) is 5.75. The van der Waals surface area contributed by atoms with Crippen molar-refractivity contribution in [3.05, 3.63) is 21.7 Å². The number of hydrogen-bond acceptors (Lipinski definition) is 3. The first kappa shape index (κ1) is 14.7. The fraction of sp³-hybridized carbons (Fsp3) is 0.562. The molecular weight excluding hydrogens is 336 g/mol. The van der Waals surface area contributed by atoms with Crippen LogP contribution in [-0.2, 0) is 16.6 Å². The maximum absolute atomic E-state index is 12.1. The molecule has 1 aromatic rings. The summed E-state index contributed by atoms with van der Waals surface area (Å²) in [5.41, 5.74) is 1.14. The Morgan fingerprint density at radius 1 is 1.33 bits per heavy atom. The van der Waals surface area contributed by atoms with Crippen molar-refractivity contribution in [2.75, 3.05) is 6.79 Å². The normalized spacial score (nSPS) is 19.5. The van der Waals surface area contributed by atoms with Crippen molar-refractivity contribution in [1.29, 1.82) is 0 Å². The Kier molecular flexibility index (Phi) is 3.86. The molecule has 3 rings (SSSR count). The molecule has 114 valence electrons. The van der Waals surface area contributed by atoms with Crippen LogP contribution in [0.25, 0.3) is 0 Å². The molecule has 5 heteroatoms. The fourth-order valence-corrected chi connectivity index (χ4v) is 4.37. The highest BCUT2D eigenvalue weighted by atomic mass is 79.9. The molecule has 1 aromatic carbocycles. The van der Waals surface area contributed by atoms with Gasteiger partial charge in [-0.2, -0.15) is 0 Å². The van der Waals surface area contributed by atoms with Crippen molar-refractivity contribution < 1.29 is 19.4 Å². The van der Waals surface area contributed by atoms with E-state index < -0.39 is 11.4 Å². The predicted octanol–water partition coefficient (Wildman–Crippen LogP) is 4.03. The van der Waals surface area contributed by atoms with E-state index in [2.05, 4.69) is 15.9 Å². The Morgan fingerprint density at radius 3 is 2.67 bits per heavy atom. The van der Waals surface area contributed by atoms with Gasteiger partial charge in [0.2, 0.25) is 6.79 Å². The summed E-state index contributed by atoms with van der Waals surface area (Å²) < 4.78 is 11.8. The molecule has 0 unspecified atom stereocenters. The van der Waals surface area contributed by atoms with Crippen LogP contribution in [0.1, 0.15) is 50.2 Å². The van der Waals surface area contributed by atoms with Crippen LogP contribution in [0.15, 0.2) is 10.5 Å². The van der Waals surface area contributed by atoms with Crippen LogP contribution in [0.3, 0.4) is 0 Å². The number of carbonyl (C=O) groups is 1. The fourth-order valence-electron chi connectivity index (χ4n) is 3.57. The van der Waals surface area contributed by atoms with Crippen LogP contribution in [-0.4, -0.2) is 17.9 Å². The van der Waals surface area contributed by atoms with Gasteiger partial charge in [-0.1, -0.05) is 26.2 Å². The van der Waals surface area contributed by atoms with Gasteiger partial charge < -0.3 is 14.6 Å². The van der Waals surface area contributed by atoms with Gasteiger partial charge in [0.15, 0.2) is 11.5 Å². The molecule has 1 saturated carbocycles. The Labute approximate surface area is 132 Å². The Morgan fingerprint density at radius 2 is 2.05 bits per heavy atom. The molecular formula is C16H19BrO4. The second kappa shape index (κ2) is 5.52. The molecule has 1 N–H and O–H groups in total. The average molecular weight is 355 g/mol. The summed E-state index contributed by atoms with van der Waals surface area (Å²) in [6.07, 6.45) is 5.19. The number of rotatable bonds is 3. The lowest BCUT2D eigenvalue weighted by Crippen LogP contribution is -2.38. The number of carboxylic acids is 1. The Bertz CT molecular complexity index is 576. The molecule has 21 heavy (non-hydrogen) atoms. The van der Waals surface area contributed by atoms with Gasteiger partial charge in [0, 0.05) is 0 Å². The number of ether oxygens (including phenoxy) is 2. The number of halogens is 1. The van der Waals surface area contributed by atoms with Crippen molar-refractivity contribution in [3.8, 4) is 11.5 Å². The quantitative estimate of drug-likeness (QED) is 0.890. The van der Waals surface area contributed by atoms with E-state index >= 15 is 0 Å². The van der Waals surface area contributed by atoms with Crippen molar-refractivity contribution in [3.63, 3.8) is 0 Å².